The largest absolute Gasteiger partial charge is 0.489 e. The van der Waals surface area contributed by atoms with E-state index in [2.05, 4.69) is 48.4 Å². The van der Waals surface area contributed by atoms with Crippen molar-refractivity contribution >= 4 is 22.4 Å². The van der Waals surface area contributed by atoms with Crippen LogP contribution in [0, 0.1) is 0 Å². The number of nitrogens with zero attached hydrogens (tertiary/aromatic N) is 2. The van der Waals surface area contributed by atoms with Gasteiger partial charge in [-0.2, -0.15) is 0 Å². The highest BCUT2D eigenvalue weighted by molar-refractivity contribution is 7.14. The maximum absolute atomic E-state index is 11.7. The fraction of sp³-hybridized carbons (Fsp3) is 0.333. The van der Waals surface area contributed by atoms with E-state index in [4.69, 9.17) is 9.72 Å². The van der Waals surface area contributed by atoms with Crippen molar-refractivity contribution in [2.75, 3.05) is 4.90 Å². The third kappa shape index (κ3) is 6.69. The second kappa shape index (κ2) is 12.5. The lowest BCUT2D eigenvalue weighted by molar-refractivity contribution is 0.0695. The van der Waals surface area contributed by atoms with Crippen molar-refractivity contribution in [1.82, 2.24) is 4.98 Å². The van der Waals surface area contributed by atoms with E-state index in [1.54, 1.807) is 23.5 Å². The molecule has 0 radical (unpaired) electrons. The van der Waals surface area contributed by atoms with Gasteiger partial charge in [0.15, 0.2) is 5.13 Å². The number of ether oxygens (including phenoxy) is 1. The molecule has 1 saturated carbocycles. The first-order valence-electron chi connectivity index (χ1n) is 13.8. The van der Waals surface area contributed by atoms with Crippen molar-refractivity contribution in [3.05, 3.63) is 100 Å². The van der Waals surface area contributed by atoms with Gasteiger partial charge in [-0.15, -0.1) is 11.3 Å². The molecule has 0 unspecified atom stereocenters. The zero-order valence-corrected chi connectivity index (χ0v) is 23.5. The molecule has 0 atom stereocenters. The Morgan fingerprint density at radius 1 is 1.00 bits per heavy atom. The molecule has 0 aliphatic heterocycles. The first kappa shape index (κ1) is 26.9. The van der Waals surface area contributed by atoms with E-state index in [1.807, 2.05) is 36.4 Å². The minimum Gasteiger partial charge on any atom is -0.489 e. The van der Waals surface area contributed by atoms with Crippen LogP contribution in [0.15, 0.2) is 78.2 Å². The molecule has 1 aliphatic rings. The van der Waals surface area contributed by atoms with Crippen LogP contribution >= 0.6 is 11.3 Å². The average Bonchev–Trinajstić information content (AvgIpc) is 3.46. The van der Waals surface area contributed by atoms with Gasteiger partial charge in [-0.1, -0.05) is 61.7 Å². The Morgan fingerprint density at radius 2 is 1.72 bits per heavy atom. The Kier molecular flexibility index (Phi) is 8.62. The molecule has 1 aliphatic carbocycles. The predicted molar refractivity (Wildman–Crippen MR) is 159 cm³/mol. The fourth-order valence-corrected chi connectivity index (χ4v) is 6.23. The molecule has 1 aromatic heterocycles. The van der Waals surface area contributed by atoms with E-state index in [0.29, 0.717) is 18.7 Å². The maximum atomic E-state index is 11.7. The first-order chi connectivity index (χ1) is 19.0. The predicted octanol–water partition coefficient (Wildman–Crippen LogP) is 8.55. The second-order valence-corrected chi connectivity index (χ2v) is 11.4. The minimum absolute atomic E-state index is 0.165. The zero-order chi connectivity index (χ0) is 27.2. The standard InChI is InChI=1S/C33H36N2O3S/c1-23(2)35(20-28-10-6-7-11-30(28)32(36)37)33-34-31(22-39-33)27-16-18-29(19-17-27)38-21-24-12-14-26(15-13-24)25-8-4-3-5-9-25/h6-7,10-19,22-23,25H,3-5,8-9,20-21H2,1-2H3,(H,36,37). The summed E-state index contributed by atoms with van der Waals surface area (Å²) in [4.78, 5) is 18.7. The van der Waals surface area contributed by atoms with Crippen molar-refractivity contribution in [1.29, 1.82) is 0 Å². The van der Waals surface area contributed by atoms with Gasteiger partial charge < -0.3 is 14.7 Å². The molecule has 3 aromatic carbocycles. The Balaban J connectivity index is 1.21. The molecule has 0 spiro atoms. The van der Waals surface area contributed by atoms with Crippen LogP contribution in [0.2, 0.25) is 0 Å². The second-order valence-electron chi connectivity index (χ2n) is 10.6. The van der Waals surface area contributed by atoms with E-state index < -0.39 is 5.97 Å². The van der Waals surface area contributed by atoms with Gasteiger partial charge in [-0.05, 0) is 79.6 Å². The first-order valence-corrected chi connectivity index (χ1v) is 14.7. The summed E-state index contributed by atoms with van der Waals surface area (Å²) in [6.45, 7) is 5.23. The van der Waals surface area contributed by atoms with Gasteiger partial charge in [-0.25, -0.2) is 9.78 Å². The van der Waals surface area contributed by atoms with E-state index >= 15 is 0 Å². The van der Waals surface area contributed by atoms with Crippen LogP contribution in [0.4, 0.5) is 5.13 Å². The quantitative estimate of drug-likeness (QED) is 0.218. The van der Waals surface area contributed by atoms with Crippen molar-refractivity contribution in [2.24, 2.45) is 0 Å². The normalized spacial score (nSPS) is 13.9. The number of carbonyl (C=O) groups is 1. The molecule has 39 heavy (non-hydrogen) atoms. The molecule has 0 saturated heterocycles. The van der Waals surface area contributed by atoms with Crippen molar-refractivity contribution in [3.63, 3.8) is 0 Å². The Labute approximate surface area is 235 Å². The summed E-state index contributed by atoms with van der Waals surface area (Å²) >= 11 is 1.57. The Morgan fingerprint density at radius 3 is 2.41 bits per heavy atom. The van der Waals surface area contributed by atoms with Gasteiger partial charge in [0.1, 0.15) is 12.4 Å². The summed E-state index contributed by atoms with van der Waals surface area (Å²) in [6.07, 6.45) is 6.72. The number of carboxylic acid groups (broad SMARTS) is 1. The van der Waals surface area contributed by atoms with E-state index in [9.17, 15) is 9.90 Å². The lowest BCUT2D eigenvalue weighted by Crippen LogP contribution is -2.30. The molecule has 1 N–H and O–H groups in total. The van der Waals surface area contributed by atoms with Crippen LogP contribution in [0.25, 0.3) is 11.3 Å². The molecule has 1 heterocycles. The number of hydrogen-bond acceptors (Lipinski definition) is 5. The number of rotatable bonds is 10. The van der Waals surface area contributed by atoms with Gasteiger partial charge >= 0.3 is 5.97 Å². The molecule has 1 fully saturated rings. The highest BCUT2D eigenvalue weighted by Gasteiger charge is 2.19. The van der Waals surface area contributed by atoms with Crippen LogP contribution in [-0.4, -0.2) is 22.1 Å². The SMILES string of the molecule is CC(C)N(Cc1ccccc1C(=O)O)c1nc(-c2ccc(OCc3ccc(C4CCCCC4)cc3)cc2)cs1. The number of aromatic carboxylic acids is 1. The molecule has 6 heteroatoms. The zero-order valence-electron chi connectivity index (χ0n) is 22.7. The average molecular weight is 541 g/mol. The van der Waals surface area contributed by atoms with E-state index in [0.717, 1.165) is 33.6 Å². The molecule has 5 nitrogen and oxygen atoms in total. The smallest absolute Gasteiger partial charge is 0.336 e. The summed E-state index contributed by atoms with van der Waals surface area (Å²) in [5.41, 5.74) is 5.68. The fourth-order valence-electron chi connectivity index (χ4n) is 5.26. The van der Waals surface area contributed by atoms with Crippen LogP contribution in [0.1, 0.15) is 78.9 Å². The van der Waals surface area contributed by atoms with Gasteiger partial charge in [0, 0.05) is 23.5 Å². The molecule has 0 bridgehead atoms. The summed E-state index contributed by atoms with van der Waals surface area (Å²) < 4.78 is 6.07. The van der Waals surface area contributed by atoms with Crippen LogP contribution in [0.5, 0.6) is 5.75 Å². The molecule has 5 rings (SSSR count). The van der Waals surface area contributed by atoms with E-state index in [1.165, 1.54) is 43.2 Å². The topological polar surface area (TPSA) is 62.7 Å². The highest BCUT2D eigenvalue weighted by atomic mass is 32.1. The third-order valence-electron chi connectivity index (χ3n) is 7.56. The van der Waals surface area contributed by atoms with Gasteiger partial charge in [0.2, 0.25) is 0 Å². The van der Waals surface area contributed by atoms with Crippen LogP contribution < -0.4 is 9.64 Å². The number of hydrogen-bond donors (Lipinski definition) is 1. The number of aromatic nitrogens is 1. The Bertz CT molecular complexity index is 1370. The van der Waals surface area contributed by atoms with Crippen molar-refractivity contribution in [3.8, 4) is 17.0 Å². The molecular weight excluding hydrogens is 504 g/mol. The van der Waals surface area contributed by atoms with Crippen molar-refractivity contribution < 1.29 is 14.6 Å². The van der Waals surface area contributed by atoms with Gasteiger partial charge in [0.05, 0.1) is 11.3 Å². The lowest BCUT2D eigenvalue weighted by atomic mass is 9.84. The molecular formula is C33H36N2O3S. The monoisotopic (exact) mass is 540 g/mol. The highest BCUT2D eigenvalue weighted by Crippen LogP contribution is 2.33. The number of anilines is 1. The number of carboxylic acids is 1. The van der Waals surface area contributed by atoms with Gasteiger partial charge in [0.25, 0.3) is 0 Å². The Hall–Kier alpha value is -3.64. The van der Waals surface area contributed by atoms with Crippen LogP contribution in [-0.2, 0) is 13.2 Å². The molecule has 0 amide bonds. The van der Waals surface area contributed by atoms with Crippen LogP contribution in [0.3, 0.4) is 0 Å². The van der Waals surface area contributed by atoms with Gasteiger partial charge in [-0.3, -0.25) is 0 Å². The summed E-state index contributed by atoms with van der Waals surface area (Å²) in [5.74, 6) is 0.646. The number of benzene rings is 3. The molecule has 4 aromatic rings. The lowest BCUT2D eigenvalue weighted by Gasteiger charge is -2.26. The summed E-state index contributed by atoms with van der Waals surface area (Å²) in [5, 5.41) is 12.5. The summed E-state index contributed by atoms with van der Waals surface area (Å²) in [6, 6.07) is 24.3. The number of thiazole rings is 1. The summed E-state index contributed by atoms with van der Waals surface area (Å²) in [7, 11) is 0. The minimum atomic E-state index is -0.909. The third-order valence-corrected chi connectivity index (χ3v) is 8.44. The van der Waals surface area contributed by atoms with E-state index in [-0.39, 0.29) is 6.04 Å². The van der Waals surface area contributed by atoms with Crippen molar-refractivity contribution in [2.45, 2.75) is 71.1 Å². The maximum Gasteiger partial charge on any atom is 0.336 e. The molecule has 202 valence electrons.